The molecule has 198 valence electrons. The molecule has 1 aromatic carbocycles. The summed E-state index contributed by atoms with van der Waals surface area (Å²) in [5.41, 5.74) is 0.878. The van der Waals surface area contributed by atoms with Crippen LogP contribution in [0.5, 0.6) is 11.5 Å². The topological polar surface area (TPSA) is 79.7 Å². The highest BCUT2D eigenvalue weighted by molar-refractivity contribution is 5.64. The van der Waals surface area contributed by atoms with Crippen LogP contribution in [0.3, 0.4) is 0 Å². The average Bonchev–Trinajstić information content (AvgIpc) is 3.36. The lowest BCUT2D eigenvalue weighted by molar-refractivity contribution is -0.110. The predicted molar refractivity (Wildman–Crippen MR) is 135 cm³/mol. The summed E-state index contributed by atoms with van der Waals surface area (Å²) in [6, 6.07) is 12.1. The lowest BCUT2D eigenvalue weighted by Crippen LogP contribution is -2.47. The molecular weight excluding hydrogens is 487 g/mol. The first-order valence-electron chi connectivity index (χ1n) is 11.9. The summed E-state index contributed by atoms with van der Waals surface area (Å²) >= 11 is 0. The standard InChI is InChI=1S/C23H27N7O2.C2H3F3/c1-16(2)28(3)22-25-21(17-7-8-18-19(14-17)32-15-31-18)26-23(27-22)30-12-10-29(11-13-30)20-6-4-5-9-24-20;1-2(3,4)5/h4-9,14,16H,10-13,15H2,1-3H3;1H3. The van der Waals surface area contributed by atoms with Gasteiger partial charge in [-0.1, -0.05) is 6.07 Å². The molecule has 0 N–H and O–H groups in total. The number of aromatic nitrogens is 4. The van der Waals surface area contributed by atoms with Crippen LogP contribution in [-0.4, -0.2) is 72.2 Å². The quantitative estimate of drug-likeness (QED) is 0.489. The number of fused-ring (bicyclic) bond motifs is 1. The van der Waals surface area contributed by atoms with Crippen LogP contribution in [0.1, 0.15) is 20.8 Å². The van der Waals surface area contributed by atoms with Gasteiger partial charge in [-0.05, 0) is 44.2 Å². The van der Waals surface area contributed by atoms with E-state index in [0.717, 1.165) is 43.3 Å². The summed E-state index contributed by atoms with van der Waals surface area (Å²) in [6.07, 6.45) is -2.17. The SMILES string of the molecule is CC(C)N(C)c1nc(-c2ccc3c(c2)OCO3)nc(N2CCN(c3ccccn3)CC2)n1.CC(F)(F)F. The Labute approximate surface area is 213 Å². The number of rotatable bonds is 5. The van der Waals surface area contributed by atoms with E-state index in [1.54, 1.807) is 0 Å². The zero-order valence-electron chi connectivity index (χ0n) is 21.2. The first-order valence-corrected chi connectivity index (χ1v) is 11.9. The number of alkyl halides is 3. The molecule has 0 bridgehead atoms. The van der Waals surface area contributed by atoms with E-state index in [1.165, 1.54) is 0 Å². The van der Waals surface area contributed by atoms with E-state index in [4.69, 9.17) is 24.4 Å². The fourth-order valence-electron chi connectivity index (χ4n) is 3.73. The van der Waals surface area contributed by atoms with Crippen molar-refractivity contribution in [3.05, 3.63) is 42.6 Å². The molecule has 37 heavy (non-hydrogen) atoms. The van der Waals surface area contributed by atoms with Crippen molar-refractivity contribution in [1.29, 1.82) is 0 Å². The second kappa shape index (κ2) is 11.1. The summed E-state index contributed by atoms with van der Waals surface area (Å²) in [6.45, 7) is 8.01. The van der Waals surface area contributed by atoms with Crippen molar-refractivity contribution in [3.8, 4) is 22.9 Å². The molecule has 3 aromatic rings. The zero-order valence-corrected chi connectivity index (χ0v) is 21.2. The molecule has 0 amide bonds. The highest BCUT2D eigenvalue weighted by atomic mass is 19.4. The molecule has 5 rings (SSSR count). The highest BCUT2D eigenvalue weighted by Crippen LogP contribution is 2.35. The van der Waals surface area contributed by atoms with Gasteiger partial charge in [0.05, 0.1) is 0 Å². The van der Waals surface area contributed by atoms with Crippen molar-refractivity contribution in [2.75, 3.05) is 54.7 Å². The minimum absolute atomic E-state index is 0.188. The molecule has 2 aliphatic rings. The zero-order chi connectivity index (χ0) is 26.6. The van der Waals surface area contributed by atoms with Crippen LogP contribution in [0.4, 0.5) is 30.9 Å². The molecule has 4 heterocycles. The number of benzene rings is 1. The molecule has 0 aliphatic carbocycles. The molecule has 9 nitrogen and oxygen atoms in total. The number of ether oxygens (including phenoxy) is 2. The van der Waals surface area contributed by atoms with Crippen molar-refractivity contribution in [1.82, 2.24) is 19.9 Å². The monoisotopic (exact) mass is 517 g/mol. The Balaban J connectivity index is 0.000000586. The van der Waals surface area contributed by atoms with Gasteiger partial charge in [-0.15, -0.1) is 0 Å². The van der Waals surface area contributed by atoms with Gasteiger partial charge in [0.25, 0.3) is 0 Å². The number of piperazine rings is 1. The molecule has 2 aliphatic heterocycles. The summed E-state index contributed by atoms with van der Waals surface area (Å²) in [4.78, 5) is 25.5. The number of pyridine rings is 1. The third kappa shape index (κ3) is 6.89. The predicted octanol–water partition coefficient (Wildman–Crippen LogP) is 4.40. The summed E-state index contributed by atoms with van der Waals surface area (Å²) < 4.78 is 42.1. The van der Waals surface area contributed by atoms with E-state index in [9.17, 15) is 13.2 Å². The molecule has 0 spiro atoms. The van der Waals surface area contributed by atoms with Crippen LogP contribution in [0.2, 0.25) is 0 Å². The maximum Gasteiger partial charge on any atom is 0.386 e. The van der Waals surface area contributed by atoms with E-state index in [0.29, 0.717) is 23.5 Å². The van der Waals surface area contributed by atoms with E-state index >= 15 is 0 Å². The van der Waals surface area contributed by atoms with Gasteiger partial charge in [-0.3, -0.25) is 0 Å². The van der Waals surface area contributed by atoms with Gasteiger partial charge in [-0.25, -0.2) is 4.98 Å². The molecular formula is C25H30F3N7O2. The van der Waals surface area contributed by atoms with Gasteiger partial charge >= 0.3 is 6.18 Å². The summed E-state index contributed by atoms with van der Waals surface area (Å²) in [5, 5.41) is 0. The van der Waals surface area contributed by atoms with Crippen LogP contribution in [0.25, 0.3) is 11.4 Å². The summed E-state index contributed by atoms with van der Waals surface area (Å²) in [5.74, 6) is 4.44. The molecule has 2 aromatic heterocycles. The van der Waals surface area contributed by atoms with Crippen LogP contribution in [0.15, 0.2) is 42.6 Å². The van der Waals surface area contributed by atoms with E-state index in [1.807, 2.05) is 49.6 Å². The van der Waals surface area contributed by atoms with Crippen LogP contribution in [0, 0.1) is 0 Å². The Morgan fingerprint density at radius 3 is 2.24 bits per heavy atom. The summed E-state index contributed by atoms with van der Waals surface area (Å²) in [7, 11) is 2.01. The first kappa shape index (κ1) is 26.2. The smallest absolute Gasteiger partial charge is 0.386 e. The first-order chi connectivity index (χ1) is 17.6. The van der Waals surface area contributed by atoms with Gasteiger partial charge < -0.3 is 24.2 Å². The minimum Gasteiger partial charge on any atom is -0.454 e. The average molecular weight is 518 g/mol. The van der Waals surface area contributed by atoms with E-state index < -0.39 is 6.18 Å². The van der Waals surface area contributed by atoms with Crippen LogP contribution in [-0.2, 0) is 0 Å². The number of anilines is 3. The Morgan fingerprint density at radius 2 is 1.59 bits per heavy atom. The maximum absolute atomic E-state index is 10.4. The molecule has 1 fully saturated rings. The Morgan fingerprint density at radius 1 is 0.919 bits per heavy atom. The fourth-order valence-corrected chi connectivity index (χ4v) is 3.73. The van der Waals surface area contributed by atoms with Crippen LogP contribution < -0.4 is 24.2 Å². The molecule has 0 atom stereocenters. The number of nitrogens with zero attached hydrogens (tertiary/aromatic N) is 7. The normalized spacial score (nSPS) is 14.9. The number of hydrogen-bond donors (Lipinski definition) is 0. The largest absolute Gasteiger partial charge is 0.454 e. The molecule has 12 heteroatoms. The van der Waals surface area contributed by atoms with Gasteiger partial charge in [0.2, 0.25) is 18.7 Å². The van der Waals surface area contributed by atoms with E-state index in [2.05, 4.69) is 33.5 Å². The van der Waals surface area contributed by atoms with Crippen LogP contribution >= 0.6 is 0 Å². The van der Waals surface area contributed by atoms with Gasteiger partial charge in [-0.2, -0.15) is 28.1 Å². The number of halogens is 3. The maximum atomic E-state index is 10.4. The second-order valence-corrected chi connectivity index (χ2v) is 8.97. The third-order valence-corrected chi connectivity index (χ3v) is 5.87. The highest BCUT2D eigenvalue weighted by Gasteiger charge is 2.23. The third-order valence-electron chi connectivity index (χ3n) is 5.87. The fraction of sp³-hybridized carbons (Fsp3) is 0.440. The van der Waals surface area contributed by atoms with Crippen molar-refractivity contribution in [2.45, 2.75) is 33.0 Å². The molecule has 0 radical (unpaired) electrons. The van der Waals surface area contributed by atoms with E-state index in [-0.39, 0.29) is 19.8 Å². The molecule has 0 unspecified atom stereocenters. The lowest BCUT2D eigenvalue weighted by Gasteiger charge is -2.35. The Kier molecular flexibility index (Phi) is 7.84. The lowest BCUT2D eigenvalue weighted by atomic mass is 10.2. The number of hydrogen-bond acceptors (Lipinski definition) is 9. The van der Waals surface area contributed by atoms with Gasteiger partial charge in [0, 0.05) is 58.0 Å². The molecule has 0 saturated carbocycles. The second-order valence-electron chi connectivity index (χ2n) is 8.97. The van der Waals surface area contributed by atoms with Crippen molar-refractivity contribution >= 4 is 17.7 Å². The van der Waals surface area contributed by atoms with Gasteiger partial charge in [0.15, 0.2) is 17.3 Å². The van der Waals surface area contributed by atoms with Crippen molar-refractivity contribution in [2.24, 2.45) is 0 Å². The minimum atomic E-state index is -4.00. The Bertz CT molecular complexity index is 1180. The molecule has 1 saturated heterocycles. The Hall–Kier alpha value is -3.83. The van der Waals surface area contributed by atoms with Crippen molar-refractivity contribution < 1.29 is 22.6 Å². The van der Waals surface area contributed by atoms with Crippen molar-refractivity contribution in [3.63, 3.8) is 0 Å². The van der Waals surface area contributed by atoms with Gasteiger partial charge in [0.1, 0.15) is 5.82 Å².